The van der Waals surface area contributed by atoms with Gasteiger partial charge in [-0.05, 0) is 41.5 Å². The fraction of sp³-hybridized carbons (Fsp3) is 0.300. The average Bonchev–Trinajstić information content (AvgIpc) is 3.41. The highest BCUT2D eigenvalue weighted by atomic mass is 35.5. The molecule has 1 fully saturated rings. The topological polar surface area (TPSA) is 58.3 Å². The van der Waals surface area contributed by atoms with E-state index in [2.05, 4.69) is 44.8 Å². The summed E-state index contributed by atoms with van der Waals surface area (Å²) in [7, 11) is 1.61. The molecule has 0 saturated carbocycles. The molecule has 4 aromatic rings. The van der Waals surface area contributed by atoms with Gasteiger partial charge in [-0.1, -0.05) is 23.7 Å². The van der Waals surface area contributed by atoms with Crippen molar-refractivity contribution >= 4 is 28.1 Å². The van der Waals surface area contributed by atoms with Crippen LogP contribution < -0.4 is 36.1 Å². The molecule has 0 amide bonds. The number of aromatic hydroxyl groups is 1. The number of phenols is 1. The average molecular weight is 566 g/mol. The first-order valence-electron chi connectivity index (χ1n) is 13.0. The smallest absolute Gasteiger partial charge is 0.231 e. The number of anilines is 1. The minimum Gasteiger partial charge on any atom is -1.00 e. The summed E-state index contributed by atoms with van der Waals surface area (Å²) in [6, 6.07) is 16.4. The van der Waals surface area contributed by atoms with Crippen molar-refractivity contribution in [3.63, 3.8) is 0 Å². The van der Waals surface area contributed by atoms with Gasteiger partial charge in [0.2, 0.25) is 12.5 Å². The summed E-state index contributed by atoms with van der Waals surface area (Å²) in [5.41, 5.74) is 5.75. The summed E-state index contributed by atoms with van der Waals surface area (Å²) < 4.78 is 19.1. The molecular formula is C30H29Cl2N3O4. The number of rotatable bonds is 4. The second-order valence-corrected chi connectivity index (χ2v) is 10.5. The number of pyridine rings is 1. The van der Waals surface area contributed by atoms with E-state index in [0.29, 0.717) is 5.75 Å². The summed E-state index contributed by atoms with van der Waals surface area (Å²) >= 11 is 6.45. The molecule has 0 atom stereocenters. The number of phenolic OH excluding ortho intramolecular Hbond substituents is 1. The van der Waals surface area contributed by atoms with Crippen LogP contribution in [0, 0.1) is 0 Å². The third kappa shape index (κ3) is 4.48. The van der Waals surface area contributed by atoms with Gasteiger partial charge in [-0.25, -0.2) is 0 Å². The second kappa shape index (κ2) is 10.3. The molecule has 9 heteroatoms. The monoisotopic (exact) mass is 565 g/mol. The van der Waals surface area contributed by atoms with Gasteiger partial charge >= 0.3 is 0 Å². The highest BCUT2D eigenvalue weighted by Crippen LogP contribution is 2.42. The molecule has 0 aliphatic carbocycles. The number of hydrogen-bond donors (Lipinski definition) is 1. The minimum absolute atomic E-state index is 0. The summed E-state index contributed by atoms with van der Waals surface area (Å²) in [5, 5.41) is 13.7. The molecule has 0 radical (unpaired) electrons. The Kier molecular flexibility index (Phi) is 6.83. The van der Waals surface area contributed by atoms with Crippen molar-refractivity contribution in [3.8, 4) is 34.3 Å². The number of benzene rings is 3. The molecule has 0 bridgehead atoms. The van der Waals surface area contributed by atoms with Crippen molar-refractivity contribution in [1.82, 2.24) is 4.90 Å². The number of hydrogen-bond acceptors (Lipinski definition) is 6. The first-order chi connectivity index (χ1) is 18.6. The van der Waals surface area contributed by atoms with Gasteiger partial charge in [0, 0.05) is 50.6 Å². The normalized spacial score (nSPS) is 16.0. The van der Waals surface area contributed by atoms with Gasteiger partial charge in [0.15, 0.2) is 35.7 Å². The fourth-order valence-corrected chi connectivity index (χ4v) is 6.21. The van der Waals surface area contributed by atoms with Crippen molar-refractivity contribution in [2.75, 3.05) is 45.0 Å². The maximum absolute atomic E-state index is 11.1. The Balaban J connectivity index is 0.00000277. The summed E-state index contributed by atoms with van der Waals surface area (Å²) in [6.45, 7) is 5.50. The van der Waals surface area contributed by atoms with Gasteiger partial charge in [0.1, 0.15) is 0 Å². The SMILES string of the molecule is COc1cc(CN2CCN(c3ccccc3Cl)CC2)c2cc3[n+](cc2c1O)CCc1cc2c(cc1-3)OCO2.[Cl-]. The summed E-state index contributed by atoms with van der Waals surface area (Å²) in [5.74, 6) is 2.28. The Labute approximate surface area is 238 Å². The lowest BCUT2D eigenvalue weighted by atomic mass is 9.94. The van der Waals surface area contributed by atoms with E-state index in [1.165, 1.54) is 5.56 Å². The van der Waals surface area contributed by atoms with E-state index in [9.17, 15) is 5.11 Å². The van der Waals surface area contributed by atoms with E-state index in [1.54, 1.807) is 7.11 Å². The summed E-state index contributed by atoms with van der Waals surface area (Å²) in [4.78, 5) is 4.81. The molecule has 3 aliphatic heterocycles. The fourth-order valence-electron chi connectivity index (χ4n) is 5.95. The number of ether oxygens (including phenoxy) is 3. The molecular weight excluding hydrogens is 537 g/mol. The number of aryl methyl sites for hydroxylation is 2. The van der Waals surface area contributed by atoms with Crippen LogP contribution in [0.15, 0.2) is 54.7 Å². The van der Waals surface area contributed by atoms with Gasteiger partial charge in [-0.2, -0.15) is 4.57 Å². The Bertz CT molecular complexity index is 1570. The van der Waals surface area contributed by atoms with E-state index in [1.807, 2.05) is 24.3 Å². The highest BCUT2D eigenvalue weighted by Gasteiger charge is 2.30. The number of piperazine rings is 1. The number of halogens is 2. The van der Waals surface area contributed by atoms with Crippen LogP contribution in [-0.2, 0) is 19.5 Å². The van der Waals surface area contributed by atoms with Crippen LogP contribution in [0.5, 0.6) is 23.0 Å². The molecule has 39 heavy (non-hydrogen) atoms. The molecule has 0 unspecified atom stereocenters. The van der Waals surface area contributed by atoms with Crippen LogP contribution >= 0.6 is 11.6 Å². The zero-order valence-corrected chi connectivity index (χ0v) is 23.1. The van der Waals surface area contributed by atoms with Crippen LogP contribution in [0.25, 0.3) is 22.0 Å². The van der Waals surface area contributed by atoms with Crippen molar-refractivity contribution < 1.29 is 36.3 Å². The Morgan fingerprint density at radius 1 is 1.00 bits per heavy atom. The van der Waals surface area contributed by atoms with Gasteiger partial charge in [-0.3, -0.25) is 4.90 Å². The van der Waals surface area contributed by atoms with Gasteiger partial charge in [0.25, 0.3) is 0 Å². The van der Waals surface area contributed by atoms with Gasteiger partial charge < -0.3 is 36.6 Å². The largest absolute Gasteiger partial charge is 1.00 e. The molecule has 3 aromatic carbocycles. The maximum Gasteiger partial charge on any atom is 0.231 e. The second-order valence-electron chi connectivity index (χ2n) is 10.1. The van der Waals surface area contributed by atoms with E-state index in [4.69, 9.17) is 25.8 Å². The molecule has 1 N–H and O–H groups in total. The van der Waals surface area contributed by atoms with Crippen molar-refractivity contribution in [3.05, 3.63) is 70.9 Å². The molecule has 3 aliphatic rings. The van der Waals surface area contributed by atoms with Gasteiger partial charge in [-0.15, -0.1) is 0 Å². The Morgan fingerprint density at radius 2 is 1.77 bits per heavy atom. The number of fused-ring (bicyclic) bond motifs is 5. The van der Waals surface area contributed by atoms with E-state index < -0.39 is 0 Å². The minimum atomic E-state index is 0. The standard InChI is InChI=1S/C30H28ClN3O4.ClH/c1-36-29-13-20(16-32-8-10-33(11-9-32)25-5-3-2-4-24(25)31)21-14-26-22-15-28-27(37-18-38-28)12-19(22)6-7-34(26)17-23(21)30(29)35;/h2-5,12-15,17H,6-11,16,18H2,1H3;1H. The number of methoxy groups -OCH3 is 1. The first-order valence-corrected chi connectivity index (χ1v) is 13.4. The quantitative estimate of drug-likeness (QED) is 0.381. The van der Waals surface area contributed by atoms with Crippen molar-refractivity contribution in [1.29, 1.82) is 0 Å². The van der Waals surface area contributed by atoms with E-state index >= 15 is 0 Å². The molecule has 4 heterocycles. The van der Waals surface area contributed by atoms with Crippen LogP contribution in [0.2, 0.25) is 5.02 Å². The maximum atomic E-state index is 11.1. The summed E-state index contributed by atoms with van der Waals surface area (Å²) in [6.07, 6.45) is 2.96. The third-order valence-corrected chi connectivity index (χ3v) is 8.30. The Hall–Kier alpha value is -3.39. The molecule has 202 valence electrons. The van der Waals surface area contributed by atoms with E-state index in [-0.39, 0.29) is 24.9 Å². The lowest BCUT2D eigenvalue weighted by Crippen LogP contribution is -3.00. The van der Waals surface area contributed by atoms with E-state index in [0.717, 1.165) is 95.5 Å². The number of nitrogens with zero attached hydrogens (tertiary/aromatic N) is 3. The zero-order chi connectivity index (χ0) is 25.8. The molecule has 7 nitrogen and oxygen atoms in total. The molecule has 7 rings (SSSR count). The van der Waals surface area contributed by atoms with Crippen molar-refractivity contribution in [2.45, 2.75) is 19.5 Å². The van der Waals surface area contributed by atoms with Gasteiger partial charge in [0.05, 0.1) is 28.8 Å². The molecule has 0 spiro atoms. The lowest BCUT2D eigenvalue weighted by Gasteiger charge is -2.36. The number of aromatic nitrogens is 1. The zero-order valence-electron chi connectivity index (χ0n) is 21.6. The van der Waals surface area contributed by atoms with Crippen LogP contribution in [0.3, 0.4) is 0 Å². The first kappa shape index (κ1) is 25.9. The Morgan fingerprint density at radius 3 is 2.54 bits per heavy atom. The van der Waals surface area contributed by atoms with Crippen molar-refractivity contribution in [2.24, 2.45) is 0 Å². The third-order valence-electron chi connectivity index (χ3n) is 7.98. The highest BCUT2D eigenvalue weighted by molar-refractivity contribution is 6.33. The number of para-hydroxylation sites is 1. The molecule has 1 aromatic heterocycles. The predicted octanol–water partition coefficient (Wildman–Crippen LogP) is 1.77. The lowest BCUT2D eigenvalue weighted by molar-refractivity contribution is -0.686. The van der Waals surface area contributed by atoms with Crippen LogP contribution in [-0.4, -0.2) is 50.1 Å². The van der Waals surface area contributed by atoms with Crippen LogP contribution in [0.4, 0.5) is 5.69 Å². The van der Waals surface area contributed by atoms with Crippen LogP contribution in [0.1, 0.15) is 11.1 Å². The molecule has 1 saturated heterocycles. The predicted molar refractivity (Wildman–Crippen MR) is 147 cm³/mol.